The number of hydrogen-bond acceptors (Lipinski definition) is 5. The van der Waals surface area contributed by atoms with E-state index < -0.39 is 6.04 Å². The molecule has 0 radical (unpaired) electrons. The zero-order valence-electron chi connectivity index (χ0n) is 15.1. The second-order valence-corrected chi connectivity index (χ2v) is 7.00. The summed E-state index contributed by atoms with van der Waals surface area (Å²) in [5.41, 5.74) is 0.344. The van der Waals surface area contributed by atoms with Crippen molar-refractivity contribution in [3.63, 3.8) is 0 Å². The highest BCUT2D eigenvalue weighted by molar-refractivity contribution is 7.12. The lowest BCUT2D eigenvalue weighted by molar-refractivity contribution is -0.133. The second kappa shape index (κ2) is 8.13. The molecule has 7 nitrogen and oxygen atoms in total. The number of carbonyl (C=O) groups is 2. The van der Waals surface area contributed by atoms with Gasteiger partial charge in [-0.05, 0) is 37.4 Å². The molecule has 0 spiro atoms. The molecule has 8 heteroatoms. The van der Waals surface area contributed by atoms with Crippen molar-refractivity contribution < 1.29 is 9.59 Å². The van der Waals surface area contributed by atoms with Gasteiger partial charge < -0.3 is 15.2 Å². The second-order valence-electron chi connectivity index (χ2n) is 6.05. The van der Waals surface area contributed by atoms with Gasteiger partial charge in [-0.2, -0.15) is 0 Å². The first kappa shape index (κ1) is 18.8. The number of amides is 2. The highest BCUT2D eigenvalue weighted by Crippen LogP contribution is 2.10. The molecule has 0 bridgehead atoms. The summed E-state index contributed by atoms with van der Waals surface area (Å²) in [5.74, 6) is -0.108. The van der Waals surface area contributed by atoms with Crippen molar-refractivity contribution in [3.8, 4) is 0 Å². The maximum atomic E-state index is 12.7. The highest BCUT2D eigenvalue weighted by atomic mass is 32.1. The molecular formula is C19H20N4O3S. The summed E-state index contributed by atoms with van der Waals surface area (Å²) >= 11 is 1.32. The fourth-order valence-electron chi connectivity index (χ4n) is 2.75. The molecule has 1 atom stereocenters. The van der Waals surface area contributed by atoms with Crippen molar-refractivity contribution in [2.24, 2.45) is 0 Å². The normalized spacial score (nSPS) is 11.9. The quantitative estimate of drug-likeness (QED) is 0.681. The average molecular weight is 384 g/mol. The lowest BCUT2D eigenvalue weighted by atomic mass is 10.2. The van der Waals surface area contributed by atoms with Gasteiger partial charge in [0.2, 0.25) is 5.91 Å². The minimum atomic E-state index is -0.688. The average Bonchev–Trinajstić information content (AvgIpc) is 3.20. The minimum absolute atomic E-state index is 0.161. The Kier molecular flexibility index (Phi) is 5.66. The zero-order chi connectivity index (χ0) is 19.4. The molecule has 2 amide bonds. The molecule has 0 aliphatic rings. The van der Waals surface area contributed by atoms with Gasteiger partial charge in [-0.15, -0.1) is 11.3 Å². The number of aromatic nitrogens is 2. The first-order valence-corrected chi connectivity index (χ1v) is 9.48. The Morgan fingerprint density at radius 1 is 1.26 bits per heavy atom. The molecule has 1 aromatic carbocycles. The van der Waals surface area contributed by atoms with E-state index in [1.807, 2.05) is 18.4 Å². The van der Waals surface area contributed by atoms with E-state index in [1.54, 1.807) is 42.2 Å². The maximum absolute atomic E-state index is 12.7. The number of benzene rings is 1. The van der Waals surface area contributed by atoms with Crippen molar-refractivity contribution in [1.82, 2.24) is 20.2 Å². The van der Waals surface area contributed by atoms with Crippen molar-refractivity contribution in [2.75, 3.05) is 6.54 Å². The van der Waals surface area contributed by atoms with Crippen molar-refractivity contribution >= 4 is 34.1 Å². The van der Waals surface area contributed by atoms with Crippen LogP contribution in [0.4, 0.5) is 0 Å². The van der Waals surface area contributed by atoms with E-state index in [9.17, 15) is 14.4 Å². The predicted molar refractivity (Wildman–Crippen MR) is 105 cm³/mol. The van der Waals surface area contributed by atoms with Crippen LogP contribution in [0.15, 0.2) is 46.6 Å². The van der Waals surface area contributed by atoms with Crippen LogP contribution in [-0.4, -0.2) is 39.3 Å². The Hall–Kier alpha value is -3.00. The molecule has 2 aromatic heterocycles. The van der Waals surface area contributed by atoms with E-state index in [0.29, 0.717) is 28.1 Å². The number of thiophene rings is 1. The number of hydrogen-bond donors (Lipinski definition) is 2. The standard InChI is InChI=1S/C19H20N4O3S/c1-3-23(19(26)12(2)20-18(25)15-9-6-10-27-15)11-16-21-14-8-5-4-7-13(14)17(24)22-16/h4-10,12H,3,11H2,1-2H3,(H,20,25)(H,21,22,24). The van der Waals surface area contributed by atoms with Crippen LogP contribution in [0.5, 0.6) is 0 Å². The van der Waals surface area contributed by atoms with Crippen LogP contribution in [0, 0.1) is 0 Å². The summed E-state index contributed by atoms with van der Waals surface area (Å²) < 4.78 is 0. The van der Waals surface area contributed by atoms with Crippen LogP contribution < -0.4 is 10.9 Å². The van der Waals surface area contributed by atoms with Crippen LogP contribution in [0.1, 0.15) is 29.3 Å². The highest BCUT2D eigenvalue weighted by Gasteiger charge is 2.22. The summed E-state index contributed by atoms with van der Waals surface area (Å²) in [6.07, 6.45) is 0. The van der Waals surface area contributed by atoms with E-state index in [0.717, 1.165) is 0 Å². The van der Waals surface area contributed by atoms with Gasteiger partial charge in [-0.1, -0.05) is 18.2 Å². The molecule has 140 valence electrons. The first-order valence-electron chi connectivity index (χ1n) is 8.60. The molecule has 2 N–H and O–H groups in total. The monoisotopic (exact) mass is 384 g/mol. The Bertz CT molecular complexity index is 1010. The van der Waals surface area contributed by atoms with E-state index in [4.69, 9.17) is 0 Å². The number of fused-ring (bicyclic) bond motifs is 1. The molecule has 0 saturated carbocycles. The third kappa shape index (κ3) is 4.22. The van der Waals surface area contributed by atoms with Gasteiger partial charge in [0.1, 0.15) is 11.9 Å². The smallest absolute Gasteiger partial charge is 0.261 e. The van der Waals surface area contributed by atoms with Crippen LogP contribution in [0.3, 0.4) is 0 Å². The molecule has 0 fully saturated rings. The molecule has 0 saturated heterocycles. The summed E-state index contributed by atoms with van der Waals surface area (Å²) in [6.45, 7) is 4.07. The van der Waals surface area contributed by atoms with Crippen LogP contribution in [0.25, 0.3) is 10.9 Å². The topological polar surface area (TPSA) is 95.2 Å². The Morgan fingerprint density at radius 2 is 2.04 bits per heavy atom. The van der Waals surface area contributed by atoms with Crippen molar-refractivity contribution in [1.29, 1.82) is 0 Å². The Labute approximate surface area is 160 Å². The van der Waals surface area contributed by atoms with Gasteiger partial charge in [-0.3, -0.25) is 14.4 Å². The summed E-state index contributed by atoms with van der Waals surface area (Å²) in [4.78, 5) is 46.3. The summed E-state index contributed by atoms with van der Waals surface area (Å²) in [7, 11) is 0. The molecule has 3 aromatic rings. The number of aromatic amines is 1. The van der Waals surface area contributed by atoms with E-state index in [2.05, 4.69) is 15.3 Å². The van der Waals surface area contributed by atoms with Gasteiger partial charge in [0.15, 0.2) is 0 Å². The lowest BCUT2D eigenvalue weighted by Crippen LogP contribution is -2.46. The fourth-order valence-corrected chi connectivity index (χ4v) is 3.37. The SMILES string of the molecule is CCN(Cc1nc2ccccc2c(=O)[nH]1)C(=O)C(C)NC(=O)c1cccs1. The molecular weight excluding hydrogens is 364 g/mol. The number of para-hydroxylation sites is 1. The number of likely N-dealkylation sites (N-methyl/N-ethyl adjacent to an activating group) is 1. The van der Waals surface area contributed by atoms with Crippen LogP contribution in [0.2, 0.25) is 0 Å². The van der Waals surface area contributed by atoms with Crippen molar-refractivity contribution in [3.05, 3.63) is 62.8 Å². The van der Waals surface area contributed by atoms with E-state index in [-0.39, 0.29) is 23.9 Å². The number of carbonyl (C=O) groups excluding carboxylic acids is 2. The number of nitrogens with one attached hydrogen (secondary N) is 2. The van der Waals surface area contributed by atoms with E-state index >= 15 is 0 Å². The molecule has 0 aliphatic carbocycles. The molecule has 2 heterocycles. The van der Waals surface area contributed by atoms with Crippen LogP contribution >= 0.6 is 11.3 Å². The van der Waals surface area contributed by atoms with Gasteiger partial charge >= 0.3 is 0 Å². The Balaban J connectivity index is 1.73. The maximum Gasteiger partial charge on any atom is 0.261 e. The zero-order valence-corrected chi connectivity index (χ0v) is 15.9. The molecule has 0 aliphatic heterocycles. The molecule has 1 unspecified atom stereocenters. The number of rotatable bonds is 6. The summed E-state index contributed by atoms with van der Waals surface area (Å²) in [5, 5.41) is 5.03. The van der Waals surface area contributed by atoms with Gasteiger partial charge in [0.25, 0.3) is 11.5 Å². The third-order valence-corrected chi connectivity index (χ3v) is 5.03. The minimum Gasteiger partial charge on any atom is -0.340 e. The number of nitrogens with zero attached hydrogens (tertiary/aromatic N) is 2. The van der Waals surface area contributed by atoms with Gasteiger partial charge in [0.05, 0.1) is 22.3 Å². The predicted octanol–water partition coefficient (Wildman–Crippen LogP) is 2.15. The summed E-state index contributed by atoms with van der Waals surface area (Å²) in [6, 6.07) is 9.85. The molecule has 27 heavy (non-hydrogen) atoms. The fraction of sp³-hybridized carbons (Fsp3) is 0.263. The number of H-pyrrole nitrogens is 1. The third-order valence-electron chi connectivity index (χ3n) is 4.16. The molecule has 3 rings (SSSR count). The van der Waals surface area contributed by atoms with Crippen molar-refractivity contribution in [2.45, 2.75) is 26.4 Å². The largest absolute Gasteiger partial charge is 0.340 e. The van der Waals surface area contributed by atoms with Gasteiger partial charge in [-0.25, -0.2) is 4.98 Å². The van der Waals surface area contributed by atoms with Gasteiger partial charge in [0, 0.05) is 6.54 Å². The van der Waals surface area contributed by atoms with E-state index in [1.165, 1.54) is 11.3 Å². The van der Waals surface area contributed by atoms with Crippen LogP contribution in [-0.2, 0) is 11.3 Å². The Morgan fingerprint density at radius 3 is 2.74 bits per heavy atom. The lowest BCUT2D eigenvalue weighted by Gasteiger charge is -2.24. The first-order chi connectivity index (χ1) is 13.0.